The summed E-state index contributed by atoms with van der Waals surface area (Å²) in [5.74, 6) is -1.96. The second kappa shape index (κ2) is 7.38. The monoisotopic (exact) mass is 353 g/mol. The summed E-state index contributed by atoms with van der Waals surface area (Å²) < 4.78 is 29.2. The standard InChI is InChI=1S/C15H15NO5S2/c1-2-21-15(18)12-8-9-22-14(12)16-13(17)10-23(19,20)11-6-4-3-5-7-11/h3-9H,2,10H2,1H3,(H,16,17). The molecule has 0 aliphatic rings. The van der Waals surface area contributed by atoms with Crippen LogP contribution in [0, 0.1) is 0 Å². The number of hydrogen-bond donors (Lipinski definition) is 1. The van der Waals surface area contributed by atoms with Crippen LogP contribution in [-0.2, 0) is 19.4 Å². The number of sulfone groups is 1. The van der Waals surface area contributed by atoms with E-state index in [9.17, 15) is 18.0 Å². The van der Waals surface area contributed by atoms with Crippen LogP contribution in [0.2, 0.25) is 0 Å². The number of nitrogens with one attached hydrogen (secondary N) is 1. The van der Waals surface area contributed by atoms with Crippen LogP contribution in [0.25, 0.3) is 0 Å². The molecule has 0 radical (unpaired) electrons. The lowest BCUT2D eigenvalue weighted by Crippen LogP contribution is -2.23. The van der Waals surface area contributed by atoms with E-state index in [0.717, 1.165) is 11.3 Å². The van der Waals surface area contributed by atoms with Crippen LogP contribution in [0.5, 0.6) is 0 Å². The first-order valence-electron chi connectivity index (χ1n) is 6.76. The van der Waals surface area contributed by atoms with Crippen molar-refractivity contribution in [1.29, 1.82) is 0 Å². The van der Waals surface area contributed by atoms with Crippen molar-refractivity contribution in [2.45, 2.75) is 11.8 Å². The molecule has 1 amide bonds. The molecule has 1 aromatic heterocycles. The van der Waals surface area contributed by atoms with Gasteiger partial charge in [0.15, 0.2) is 9.84 Å². The van der Waals surface area contributed by atoms with Crippen LogP contribution in [0.4, 0.5) is 5.00 Å². The van der Waals surface area contributed by atoms with Crippen molar-refractivity contribution in [3.8, 4) is 0 Å². The summed E-state index contributed by atoms with van der Waals surface area (Å²) in [5.41, 5.74) is 0.210. The molecule has 1 heterocycles. The fourth-order valence-corrected chi connectivity index (χ4v) is 3.77. The Hall–Kier alpha value is -2.19. The second-order valence-electron chi connectivity index (χ2n) is 4.50. The van der Waals surface area contributed by atoms with Crippen LogP contribution in [0.15, 0.2) is 46.7 Å². The molecule has 2 rings (SSSR count). The van der Waals surface area contributed by atoms with Crippen LogP contribution >= 0.6 is 11.3 Å². The molecular formula is C15H15NO5S2. The van der Waals surface area contributed by atoms with Gasteiger partial charge in [-0.05, 0) is 30.5 Å². The number of esters is 1. The van der Waals surface area contributed by atoms with Gasteiger partial charge in [0.05, 0.1) is 17.1 Å². The molecule has 0 aliphatic heterocycles. The van der Waals surface area contributed by atoms with Crippen molar-refractivity contribution in [1.82, 2.24) is 0 Å². The summed E-state index contributed by atoms with van der Waals surface area (Å²) in [4.78, 5) is 23.8. The van der Waals surface area contributed by atoms with Gasteiger partial charge in [0.1, 0.15) is 10.8 Å². The maximum Gasteiger partial charge on any atom is 0.341 e. The highest BCUT2D eigenvalue weighted by Gasteiger charge is 2.21. The fourth-order valence-electron chi connectivity index (χ4n) is 1.82. The summed E-state index contributed by atoms with van der Waals surface area (Å²) in [6.45, 7) is 1.89. The summed E-state index contributed by atoms with van der Waals surface area (Å²) in [7, 11) is -3.73. The lowest BCUT2D eigenvalue weighted by Gasteiger charge is -2.07. The molecule has 8 heteroatoms. The number of anilines is 1. The molecule has 0 saturated carbocycles. The number of carbonyl (C=O) groups excluding carboxylic acids is 2. The van der Waals surface area contributed by atoms with Gasteiger partial charge in [-0.2, -0.15) is 0 Å². The van der Waals surface area contributed by atoms with Gasteiger partial charge >= 0.3 is 5.97 Å². The van der Waals surface area contributed by atoms with E-state index in [4.69, 9.17) is 4.74 Å². The molecule has 6 nitrogen and oxygen atoms in total. The van der Waals surface area contributed by atoms with Crippen molar-refractivity contribution in [3.63, 3.8) is 0 Å². The van der Waals surface area contributed by atoms with Crippen LogP contribution in [-0.4, -0.2) is 32.7 Å². The minimum atomic E-state index is -3.73. The molecule has 0 unspecified atom stereocenters. The molecule has 0 aliphatic carbocycles. The van der Waals surface area contributed by atoms with E-state index in [1.165, 1.54) is 18.2 Å². The summed E-state index contributed by atoms with van der Waals surface area (Å²) in [6.07, 6.45) is 0. The molecule has 0 bridgehead atoms. The number of ether oxygens (including phenoxy) is 1. The van der Waals surface area contributed by atoms with Crippen molar-refractivity contribution in [2.75, 3.05) is 17.7 Å². The second-order valence-corrected chi connectivity index (χ2v) is 7.41. The number of rotatable bonds is 6. The van der Waals surface area contributed by atoms with Crippen LogP contribution in [0.3, 0.4) is 0 Å². The lowest BCUT2D eigenvalue weighted by molar-refractivity contribution is -0.113. The van der Waals surface area contributed by atoms with Crippen molar-refractivity contribution in [2.24, 2.45) is 0 Å². The van der Waals surface area contributed by atoms with Crippen LogP contribution < -0.4 is 5.32 Å². The third-order valence-corrected chi connectivity index (χ3v) is 5.30. The molecule has 0 spiro atoms. The van der Waals surface area contributed by atoms with E-state index in [2.05, 4.69) is 5.32 Å². The van der Waals surface area contributed by atoms with Gasteiger partial charge in [-0.3, -0.25) is 4.79 Å². The minimum absolute atomic E-state index is 0.0759. The summed E-state index contributed by atoms with van der Waals surface area (Å²) in [5, 5.41) is 4.35. The van der Waals surface area contributed by atoms with Gasteiger partial charge in [0, 0.05) is 0 Å². The van der Waals surface area contributed by atoms with Crippen molar-refractivity contribution >= 4 is 38.1 Å². The molecule has 0 fully saturated rings. The number of carbonyl (C=O) groups is 2. The smallest absolute Gasteiger partial charge is 0.341 e. The highest BCUT2D eigenvalue weighted by Crippen LogP contribution is 2.24. The highest BCUT2D eigenvalue weighted by molar-refractivity contribution is 7.92. The van der Waals surface area contributed by atoms with E-state index in [1.807, 2.05) is 0 Å². The first kappa shape index (κ1) is 17.2. The fraction of sp³-hybridized carbons (Fsp3) is 0.200. The normalized spacial score (nSPS) is 11.0. The third kappa shape index (κ3) is 4.40. The Morgan fingerprint density at radius 2 is 1.87 bits per heavy atom. The van der Waals surface area contributed by atoms with Gasteiger partial charge in [-0.25, -0.2) is 13.2 Å². The number of hydrogen-bond acceptors (Lipinski definition) is 6. The van der Waals surface area contributed by atoms with Gasteiger partial charge in [-0.15, -0.1) is 11.3 Å². The molecule has 2 aromatic rings. The molecule has 1 aromatic carbocycles. The Labute approximate surface area is 138 Å². The Kier molecular flexibility index (Phi) is 5.51. The van der Waals surface area contributed by atoms with E-state index in [1.54, 1.807) is 30.5 Å². The molecule has 122 valence electrons. The van der Waals surface area contributed by atoms with E-state index in [0.29, 0.717) is 0 Å². The zero-order valence-corrected chi connectivity index (χ0v) is 13.9. The topological polar surface area (TPSA) is 89.5 Å². The summed E-state index contributed by atoms with van der Waals surface area (Å²) in [6, 6.07) is 9.24. The summed E-state index contributed by atoms with van der Waals surface area (Å²) >= 11 is 1.13. The number of benzene rings is 1. The Morgan fingerprint density at radius 3 is 2.52 bits per heavy atom. The van der Waals surface area contributed by atoms with Gasteiger partial charge in [-0.1, -0.05) is 18.2 Å². The van der Waals surface area contributed by atoms with Crippen LogP contribution in [0.1, 0.15) is 17.3 Å². The van der Waals surface area contributed by atoms with E-state index in [-0.39, 0.29) is 22.1 Å². The largest absolute Gasteiger partial charge is 0.462 e. The highest BCUT2D eigenvalue weighted by atomic mass is 32.2. The van der Waals surface area contributed by atoms with Gasteiger partial charge in [0.2, 0.25) is 5.91 Å². The first-order chi connectivity index (χ1) is 10.9. The van der Waals surface area contributed by atoms with Gasteiger partial charge < -0.3 is 10.1 Å². The zero-order valence-electron chi connectivity index (χ0n) is 12.3. The van der Waals surface area contributed by atoms with E-state index >= 15 is 0 Å². The maximum atomic E-state index is 12.1. The zero-order chi connectivity index (χ0) is 16.9. The number of thiophene rings is 1. The Bertz CT molecular complexity index is 796. The average molecular weight is 353 g/mol. The molecule has 0 atom stereocenters. The van der Waals surface area contributed by atoms with Gasteiger partial charge in [0.25, 0.3) is 0 Å². The van der Waals surface area contributed by atoms with Crippen molar-refractivity contribution < 1.29 is 22.7 Å². The Morgan fingerprint density at radius 1 is 1.17 bits per heavy atom. The maximum absolute atomic E-state index is 12.1. The molecule has 0 saturated heterocycles. The molecule has 23 heavy (non-hydrogen) atoms. The average Bonchev–Trinajstić information content (AvgIpc) is 2.96. The first-order valence-corrected chi connectivity index (χ1v) is 9.29. The third-order valence-electron chi connectivity index (χ3n) is 2.84. The molecule has 1 N–H and O–H groups in total. The number of amides is 1. The predicted molar refractivity (Wildman–Crippen MR) is 87.4 cm³/mol. The Balaban J connectivity index is 2.09. The quantitative estimate of drug-likeness (QED) is 0.805. The van der Waals surface area contributed by atoms with Crippen molar-refractivity contribution in [3.05, 3.63) is 47.3 Å². The minimum Gasteiger partial charge on any atom is -0.462 e. The predicted octanol–water partition coefficient (Wildman–Crippen LogP) is 2.34. The SMILES string of the molecule is CCOC(=O)c1ccsc1NC(=O)CS(=O)(=O)c1ccccc1. The molecular weight excluding hydrogens is 338 g/mol. The van der Waals surface area contributed by atoms with E-state index < -0.39 is 27.5 Å². The lowest BCUT2D eigenvalue weighted by atomic mass is 10.3.